The Morgan fingerprint density at radius 2 is 2.06 bits per heavy atom. The molecule has 4 aromatic heterocycles. The fourth-order valence-electron chi connectivity index (χ4n) is 3.57. The number of aromatic nitrogens is 6. The molecule has 5 heterocycles. The number of methoxy groups -OCH3 is 2. The van der Waals surface area contributed by atoms with Crippen LogP contribution in [0, 0.1) is 6.92 Å². The highest BCUT2D eigenvalue weighted by molar-refractivity contribution is 5.97. The minimum atomic E-state index is -0.0426. The summed E-state index contributed by atoms with van der Waals surface area (Å²) in [5.41, 5.74) is 2.96. The lowest BCUT2D eigenvalue weighted by molar-refractivity contribution is 0.0719. The van der Waals surface area contributed by atoms with Gasteiger partial charge in [0.15, 0.2) is 17.1 Å². The van der Waals surface area contributed by atoms with Gasteiger partial charge in [-0.15, -0.1) is 15.3 Å². The van der Waals surface area contributed by atoms with E-state index >= 15 is 0 Å². The number of fused-ring (bicyclic) bond motifs is 2. The van der Waals surface area contributed by atoms with Crippen molar-refractivity contribution in [2.75, 3.05) is 27.4 Å². The predicted molar refractivity (Wildman–Crippen MR) is 113 cm³/mol. The number of pyridine rings is 1. The summed E-state index contributed by atoms with van der Waals surface area (Å²) < 4.78 is 23.1. The molecule has 0 saturated carbocycles. The van der Waals surface area contributed by atoms with Gasteiger partial charge in [0.05, 0.1) is 37.2 Å². The Balaban J connectivity index is 1.38. The third-order valence-electron chi connectivity index (χ3n) is 5.22. The fourth-order valence-corrected chi connectivity index (χ4v) is 3.57. The Morgan fingerprint density at radius 3 is 2.82 bits per heavy atom. The summed E-state index contributed by atoms with van der Waals surface area (Å²) in [7, 11) is 3.13. The predicted octanol–water partition coefficient (Wildman–Crippen LogP) is 1.67. The number of hydrogen-bond donors (Lipinski definition) is 0. The average molecular weight is 451 g/mol. The van der Waals surface area contributed by atoms with Crippen molar-refractivity contribution in [2.45, 2.75) is 20.1 Å². The zero-order valence-electron chi connectivity index (χ0n) is 18.3. The molecular weight excluding hydrogens is 430 g/mol. The molecule has 0 spiro atoms. The van der Waals surface area contributed by atoms with Crippen LogP contribution in [0.1, 0.15) is 27.5 Å². The smallest absolute Gasteiger partial charge is 0.275 e. The van der Waals surface area contributed by atoms with Gasteiger partial charge < -0.3 is 23.6 Å². The van der Waals surface area contributed by atoms with Crippen molar-refractivity contribution in [3.05, 3.63) is 47.0 Å². The Hall–Kier alpha value is -4.06. The van der Waals surface area contributed by atoms with Gasteiger partial charge in [0.2, 0.25) is 5.82 Å². The van der Waals surface area contributed by atoms with Crippen LogP contribution < -0.4 is 9.47 Å². The van der Waals surface area contributed by atoms with E-state index in [4.69, 9.17) is 18.7 Å². The van der Waals surface area contributed by atoms with Gasteiger partial charge in [-0.3, -0.25) is 9.78 Å². The summed E-state index contributed by atoms with van der Waals surface area (Å²) in [6.07, 6.45) is 0. The van der Waals surface area contributed by atoms with Gasteiger partial charge in [-0.25, -0.2) is 0 Å². The molecule has 1 aliphatic rings. The number of amides is 1. The van der Waals surface area contributed by atoms with E-state index < -0.39 is 0 Å². The summed E-state index contributed by atoms with van der Waals surface area (Å²) in [6, 6.07) is 6.96. The van der Waals surface area contributed by atoms with Crippen molar-refractivity contribution in [1.29, 1.82) is 0 Å². The van der Waals surface area contributed by atoms with Gasteiger partial charge >= 0.3 is 0 Å². The fraction of sp³-hybridized carbons (Fsp3) is 0.333. The molecule has 0 saturated heterocycles. The van der Waals surface area contributed by atoms with Crippen LogP contribution in [-0.2, 0) is 17.9 Å². The average Bonchev–Trinajstić information content (AvgIpc) is 3.52. The Bertz CT molecular complexity index is 1330. The lowest BCUT2D eigenvalue weighted by Crippen LogP contribution is -2.27. The van der Waals surface area contributed by atoms with E-state index in [1.807, 2.05) is 0 Å². The molecule has 0 fully saturated rings. The van der Waals surface area contributed by atoms with Crippen LogP contribution >= 0.6 is 0 Å². The zero-order valence-corrected chi connectivity index (χ0v) is 18.3. The second kappa shape index (κ2) is 8.47. The third-order valence-corrected chi connectivity index (χ3v) is 5.22. The number of hydrogen-bond acceptors (Lipinski definition) is 10. The Labute approximate surface area is 188 Å². The maximum absolute atomic E-state index is 12.5. The van der Waals surface area contributed by atoms with Gasteiger partial charge in [0.1, 0.15) is 12.4 Å². The summed E-state index contributed by atoms with van der Waals surface area (Å²) in [5.74, 6) is 1.67. The second-order valence-electron chi connectivity index (χ2n) is 7.44. The molecule has 12 nitrogen and oxygen atoms in total. The van der Waals surface area contributed by atoms with Crippen LogP contribution in [0.5, 0.6) is 11.6 Å². The molecule has 0 unspecified atom stereocenters. The molecule has 0 N–H and O–H groups in total. The molecule has 0 radical (unpaired) electrons. The topological polar surface area (TPSA) is 130 Å². The van der Waals surface area contributed by atoms with Crippen LogP contribution in [0.3, 0.4) is 0 Å². The number of rotatable bonds is 8. The molecule has 170 valence electrons. The summed E-state index contributed by atoms with van der Waals surface area (Å²) >= 11 is 0. The van der Waals surface area contributed by atoms with Crippen LogP contribution in [0.2, 0.25) is 0 Å². The first kappa shape index (κ1) is 20.8. The number of carbonyl (C=O) groups is 1. The number of nitrogens with zero attached hydrogens (tertiary/aromatic N) is 7. The van der Waals surface area contributed by atoms with E-state index in [1.54, 1.807) is 43.2 Å². The molecule has 0 aliphatic carbocycles. The van der Waals surface area contributed by atoms with Crippen molar-refractivity contribution in [1.82, 2.24) is 34.9 Å². The largest absolute Gasteiger partial charge is 0.491 e. The third kappa shape index (κ3) is 3.84. The molecule has 1 amide bonds. The minimum Gasteiger partial charge on any atom is -0.491 e. The van der Waals surface area contributed by atoms with Gasteiger partial charge in [-0.2, -0.15) is 4.52 Å². The molecule has 33 heavy (non-hydrogen) atoms. The molecule has 0 bridgehead atoms. The van der Waals surface area contributed by atoms with E-state index in [2.05, 4.69) is 25.4 Å². The maximum Gasteiger partial charge on any atom is 0.275 e. The number of ether oxygens (including phenoxy) is 3. The van der Waals surface area contributed by atoms with Crippen molar-refractivity contribution >= 4 is 11.6 Å². The number of carbonyl (C=O) groups excluding carboxylic acids is 1. The van der Waals surface area contributed by atoms with Crippen molar-refractivity contribution in [3.8, 4) is 23.1 Å². The lowest BCUT2D eigenvalue weighted by atomic mass is 10.2. The van der Waals surface area contributed by atoms with Crippen molar-refractivity contribution < 1.29 is 23.5 Å². The van der Waals surface area contributed by atoms with E-state index in [0.29, 0.717) is 59.6 Å². The van der Waals surface area contributed by atoms with E-state index in [1.165, 1.54) is 11.6 Å². The highest BCUT2D eigenvalue weighted by atomic mass is 16.5. The second-order valence-corrected chi connectivity index (χ2v) is 7.44. The lowest BCUT2D eigenvalue weighted by Gasteiger charge is -2.13. The van der Waals surface area contributed by atoms with Gasteiger partial charge in [-0.1, -0.05) is 5.16 Å². The van der Waals surface area contributed by atoms with Crippen LogP contribution in [0.4, 0.5) is 0 Å². The molecule has 0 atom stereocenters. The van der Waals surface area contributed by atoms with Crippen molar-refractivity contribution in [3.63, 3.8) is 0 Å². The first-order valence-electron chi connectivity index (χ1n) is 10.2. The summed E-state index contributed by atoms with van der Waals surface area (Å²) in [6.45, 7) is 3.36. The van der Waals surface area contributed by atoms with Crippen molar-refractivity contribution in [2.24, 2.45) is 0 Å². The van der Waals surface area contributed by atoms with E-state index in [0.717, 1.165) is 5.69 Å². The highest BCUT2D eigenvalue weighted by Gasteiger charge is 2.28. The standard InChI is InChI=1S/C21H21N7O5/c1-12-8-15(26-33-12)19-24-23-18-9-17(31-3)20(25-28(18)19)32-11-13-4-5-14-16(22-13)10-27(21(14)29)6-7-30-2/h4-5,8-9H,6-7,10-11H2,1-3H3. The van der Waals surface area contributed by atoms with Gasteiger partial charge in [0.25, 0.3) is 11.8 Å². The summed E-state index contributed by atoms with van der Waals surface area (Å²) in [5, 5.41) is 16.7. The van der Waals surface area contributed by atoms with E-state index in [-0.39, 0.29) is 18.4 Å². The normalized spacial score (nSPS) is 13.1. The van der Waals surface area contributed by atoms with Crippen LogP contribution in [0.25, 0.3) is 17.2 Å². The Kier molecular flexibility index (Phi) is 5.34. The monoisotopic (exact) mass is 451 g/mol. The molecular formula is C21H21N7O5. The SMILES string of the molecule is COCCN1Cc2nc(COc3nn4c(-c5cc(C)on5)nnc4cc3OC)ccc2C1=O. The molecule has 4 aromatic rings. The van der Waals surface area contributed by atoms with Gasteiger partial charge in [-0.05, 0) is 19.1 Å². The zero-order chi connectivity index (χ0) is 22.9. The first-order chi connectivity index (χ1) is 16.1. The summed E-state index contributed by atoms with van der Waals surface area (Å²) in [4.78, 5) is 18.8. The molecule has 5 rings (SSSR count). The molecule has 12 heteroatoms. The Morgan fingerprint density at radius 1 is 1.18 bits per heavy atom. The quantitative estimate of drug-likeness (QED) is 0.390. The van der Waals surface area contributed by atoms with Gasteiger partial charge in [0, 0.05) is 25.8 Å². The van der Waals surface area contributed by atoms with Crippen LogP contribution in [0.15, 0.2) is 28.8 Å². The minimum absolute atomic E-state index is 0.0426. The van der Waals surface area contributed by atoms with E-state index in [9.17, 15) is 4.79 Å². The first-order valence-corrected chi connectivity index (χ1v) is 10.2. The highest BCUT2D eigenvalue weighted by Crippen LogP contribution is 2.28. The number of aryl methyl sites for hydroxylation is 1. The maximum atomic E-state index is 12.5. The van der Waals surface area contributed by atoms with Crippen LogP contribution in [-0.4, -0.2) is 68.1 Å². The molecule has 1 aliphatic heterocycles. The molecule has 0 aromatic carbocycles.